The maximum absolute atomic E-state index is 11.7. The molecule has 0 aromatic heterocycles. The van der Waals surface area contributed by atoms with Crippen LogP contribution in [0.15, 0.2) is 18.2 Å². The molecule has 0 spiro atoms. The van der Waals surface area contributed by atoms with Crippen molar-refractivity contribution in [3.05, 3.63) is 29.3 Å². The van der Waals surface area contributed by atoms with Crippen molar-refractivity contribution in [1.29, 1.82) is 0 Å². The van der Waals surface area contributed by atoms with Crippen molar-refractivity contribution in [3.63, 3.8) is 0 Å². The summed E-state index contributed by atoms with van der Waals surface area (Å²) in [4.78, 5) is 46.9. The average molecular weight is 337 g/mol. The number of hydrogen-bond donors (Lipinski definition) is 3. The van der Waals surface area contributed by atoms with Crippen molar-refractivity contribution in [2.45, 2.75) is 25.9 Å². The van der Waals surface area contributed by atoms with Crippen LogP contribution in [0.4, 0.5) is 5.69 Å². The van der Waals surface area contributed by atoms with Crippen LogP contribution in [0.3, 0.4) is 0 Å². The lowest BCUT2D eigenvalue weighted by molar-refractivity contribution is -0.141. The van der Waals surface area contributed by atoms with Crippen LogP contribution in [-0.4, -0.2) is 58.5 Å². The quantitative estimate of drug-likeness (QED) is 0.564. The first-order valence-electron chi connectivity index (χ1n) is 7.25. The minimum Gasteiger partial charge on any atom is -0.478 e. The molecular formula is C16H19NO7. The van der Waals surface area contributed by atoms with Gasteiger partial charge in [0.25, 0.3) is 0 Å². The number of ketones is 2. The predicted octanol–water partition coefficient (Wildman–Crippen LogP) is 0.818. The largest absolute Gasteiger partial charge is 0.478 e. The van der Waals surface area contributed by atoms with Gasteiger partial charge in [-0.15, -0.1) is 0 Å². The summed E-state index contributed by atoms with van der Waals surface area (Å²) >= 11 is 0. The number of nitrogens with zero attached hydrogens (tertiary/aromatic N) is 1. The number of benzene rings is 1. The molecule has 1 aromatic carbocycles. The number of hydrogen-bond acceptors (Lipinski definition) is 6. The molecule has 1 atom stereocenters. The Morgan fingerprint density at radius 1 is 1.08 bits per heavy atom. The zero-order valence-corrected chi connectivity index (χ0v) is 13.4. The fourth-order valence-corrected chi connectivity index (χ4v) is 2.03. The van der Waals surface area contributed by atoms with Crippen LogP contribution in [0, 0.1) is 0 Å². The standard InChI is InChI=1S/C16H19NO7/c1-3-12(18)14(20)13(19)6-7-17(2)9-4-5-10(15(21)22)11(8-9)16(23)24/h4-5,8,12,18H,3,6-7H2,1-2H3,(H,21,22)(H,23,24). The molecule has 0 aliphatic rings. The molecule has 3 N–H and O–H groups in total. The van der Waals surface area contributed by atoms with E-state index in [0.29, 0.717) is 5.69 Å². The lowest BCUT2D eigenvalue weighted by Gasteiger charge is -2.20. The Labute approximate surface area is 138 Å². The maximum Gasteiger partial charge on any atom is 0.336 e. The van der Waals surface area contributed by atoms with Crippen LogP contribution in [0.2, 0.25) is 0 Å². The summed E-state index contributed by atoms with van der Waals surface area (Å²) in [5.74, 6) is -4.29. The summed E-state index contributed by atoms with van der Waals surface area (Å²) in [6, 6.07) is 3.79. The van der Waals surface area contributed by atoms with Gasteiger partial charge in [0.2, 0.25) is 11.6 Å². The third-order valence-electron chi connectivity index (χ3n) is 3.54. The van der Waals surface area contributed by atoms with E-state index in [-0.39, 0.29) is 30.5 Å². The number of Topliss-reactive ketones (excluding diaryl/α,β-unsaturated/α-hetero) is 2. The van der Waals surface area contributed by atoms with Gasteiger partial charge in [0.05, 0.1) is 11.1 Å². The molecule has 8 heteroatoms. The number of carboxylic acid groups (broad SMARTS) is 2. The van der Waals surface area contributed by atoms with E-state index in [1.54, 1.807) is 14.0 Å². The second kappa shape index (κ2) is 8.21. The molecule has 0 amide bonds. The molecule has 0 aliphatic carbocycles. The van der Waals surface area contributed by atoms with Crippen LogP contribution in [0.1, 0.15) is 40.5 Å². The van der Waals surface area contributed by atoms with Crippen molar-refractivity contribution in [3.8, 4) is 0 Å². The smallest absolute Gasteiger partial charge is 0.336 e. The molecule has 0 aliphatic heterocycles. The van der Waals surface area contributed by atoms with E-state index in [1.807, 2.05) is 0 Å². The first-order chi connectivity index (χ1) is 11.2. The van der Waals surface area contributed by atoms with Gasteiger partial charge in [-0.3, -0.25) is 9.59 Å². The molecule has 24 heavy (non-hydrogen) atoms. The fourth-order valence-electron chi connectivity index (χ4n) is 2.03. The van der Waals surface area contributed by atoms with Crippen molar-refractivity contribution in [2.75, 3.05) is 18.5 Å². The number of anilines is 1. The summed E-state index contributed by atoms with van der Waals surface area (Å²) in [5, 5.41) is 27.4. The van der Waals surface area contributed by atoms with Crippen LogP contribution >= 0.6 is 0 Å². The third-order valence-corrected chi connectivity index (χ3v) is 3.54. The number of aliphatic hydroxyl groups excluding tert-OH is 1. The predicted molar refractivity (Wildman–Crippen MR) is 84.6 cm³/mol. The second-order valence-electron chi connectivity index (χ2n) is 5.22. The maximum atomic E-state index is 11.7. The molecule has 8 nitrogen and oxygen atoms in total. The highest BCUT2D eigenvalue weighted by atomic mass is 16.4. The summed E-state index contributed by atoms with van der Waals surface area (Å²) in [6.45, 7) is 1.70. The van der Waals surface area contributed by atoms with Gasteiger partial charge < -0.3 is 20.2 Å². The minimum atomic E-state index is -1.38. The Hall–Kier alpha value is -2.74. The normalized spacial score (nSPS) is 11.6. The summed E-state index contributed by atoms with van der Waals surface area (Å²) < 4.78 is 0. The fraction of sp³-hybridized carbons (Fsp3) is 0.375. The van der Waals surface area contributed by atoms with Gasteiger partial charge in [-0.25, -0.2) is 9.59 Å². The molecular weight excluding hydrogens is 318 g/mol. The van der Waals surface area contributed by atoms with Crippen molar-refractivity contribution >= 4 is 29.2 Å². The molecule has 130 valence electrons. The molecule has 1 unspecified atom stereocenters. The van der Waals surface area contributed by atoms with Crippen molar-refractivity contribution < 1.29 is 34.5 Å². The average Bonchev–Trinajstić information content (AvgIpc) is 2.56. The minimum absolute atomic E-state index is 0.118. The lowest BCUT2D eigenvalue weighted by Crippen LogP contribution is -2.31. The Morgan fingerprint density at radius 2 is 1.67 bits per heavy atom. The first kappa shape index (κ1) is 19.3. The molecule has 0 saturated heterocycles. The van der Waals surface area contributed by atoms with Crippen molar-refractivity contribution in [2.24, 2.45) is 0 Å². The van der Waals surface area contributed by atoms with E-state index < -0.39 is 29.6 Å². The van der Waals surface area contributed by atoms with Gasteiger partial charge in [-0.2, -0.15) is 0 Å². The topological polar surface area (TPSA) is 132 Å². The van der Waals surface area contributed by atoms with Crippen molar-refractivity contribution in [1.82, 2.24) is 0 Å². The van der Waals surface area contributed by atoms with E-state index in [4.69, 9.17) is 10.2 Å². The highest BCUT2D eigenvalue weighted by Crippen LogP contribution is 2.19. The first-order valence-corrected chi connectivity index (χ1v) is 7.25. The molecule has 0 radical (unpaired) electrons. The Bertz CT molecular complexity index is 668. The van der Waals surface area contributed by atoms with Gasteiger partial charge in [-0.1, -0.05) is 6.92 Å². The zero-order chi connectivity index (χ0) is 18.4. The zero-order valence-electron chi connectivity index (χ0n) is 13.4. The molecule has 0 fully saturated rings. The van der Waals surface area contributed by atoms with Gasteiger partial charge in [0.15, 0.2) is 0 Å². The van der Waals surface area contributed by atoms with E-state index in [9.17, 15) is 24.3 Å². The van der Waals surface area contributed by atoms with Gasteiger partial charge in [0.1, 0.15) is 6.10 Å². The summed E-state index contributed by atoms with van der Waals surface area (Å²) in [5.41, 5.74) is -0.304. The number of carbonyl (C=O) groups excluding carboxylic acids is 2. The van der Waals surface area contributed by atoms with E-state index in [2.05, 4.69) is 0 Å². The van der Waals surface area contributed by atoms with E-state index >= 15 is 0 Å². The van der Waals surface area contributed by atoms with Gasteiger partial charge in [-0.05, 0) is 24.6 Å². The number of aromatic carboxylic acids is 2. The summed E-state index contributed by atoms with van der Waals surface area (Å²) in [7, 11) is 1.58. The highest BCUT2D eigenvalue weighted by molar-refractivity contribution is 6.38. The molecule has 1 aromatic rings. The Balaban J connectivity index is 2.85. The molecule has 1 rings (SSSR count). The van der Waals surface area contributed by atoms with Crippen LogP contribution < -0.4 is 4.90 Å². The van der Waals surface area contributed by atoms with E-state index in [1.165, 1.54) is 23.1 Å². The highest BCUT2D eigenvalue weighted by Gasteiger charge is 2.22. The SMILES string of the molecule is CCC(O)C(=O)C(=O)CCN(C)c1ccc(C(=O)O)c(C(=O)O)c1. The number of carbonyl (C=O) groups is 4. The summed E-state index contributed by atoms with van der Waals surface area (Å²) in [6.07, 6.45) is -1.30. The van der Waals surface area contributed by atoms with Crippen LogP contribution in [0.25, 0.3) is 0 Å². The van der Waals surface area contributed by atoms with Crippen LogP contribution in [-0.2, 0) is 9.59 Å². The number of aliphatic hydroxyl groups is 1. The Kier molecular flexibility index (Phi) is 6.60. The van der Waals surface area contributed by atoms with Crippen LogP contribution in [0.5, 0.6) is 0 Å². The molecule has 0 saturated carbocycles. The molecule has 0 heterocycles. The van der Waals surface area contributed by atoms with Gasteiger partial charge >= 0.3 is 11.9 Å². The van der Waals surface area contributed by atoms with Gasteiger partial charge in [0, 0.05) is 25.7 Å². The number of rotatable bonds is 9. The van der Waals surface area contributed by atoms with E-state index in [0.717, 1.165) is 0 Å². The number of carboxylic acids is 2. The second-order valence-corrected chi connectivity index (χ2v) is 5.22. The lowest BCUT2D eigenvalue weighted by atomic mass is 10.1. The Morgan fingerprint density at radius 3 is 2.17 bits per heavy atom. The third kappa shape index (κ3) is 4.63. The monoisotopic (exact) mass is 337 g/mol. The molecule has 0 bridgehead atoms.